The van der Waals surface area contributed by atoms with Crippen LogP contribution in [-0.2, 0) is 37.1 Å². The third-order valence-corrected chi connectivity index (χ3v) is 10.8. The number of nitrogens with zero attached hydrogens (tertiary/aromatic N) is 4. The number of benzene rings is 2. The lowest BCUT2D eigenvalue weighted by Crippen LogP contribution is -2.63. The summed E-state index contributed by atoms with van der Waals surface area (Å²) in [6.45, 7) is 2.86. The summed E-state index contributed by atoms with van der Waals surface area (Å²) in [5, 5.41) is 36.6. The molecule has 2 aromatic rings. The van der Waals surface area contributed by atoms with Crippen molar-refractivity contribution in [1.29, 1.82) is 0 Å². The number of nitrogens with one attached hydrogen (secondary N) is 2. The molecular weight excluding hydrogens is 692 g/mol. The molecule has 0 aromatic heterocycles. The van der Waals surface area contributed by atoms with Gasteiger partial charge in [0.25, 0.3) is 17.3 Å². The molecule has 4 aliphatic rings. The zero-order valence-electron chi connectivity index (χ0n) is 27.1. The van der Waals surface area contributed by atoms with Gasteiger partial charge >= 0.3 is 18.1 Å². The molecule has 3 fully saturated rings. The molecule has 18 nitrogen and oxygen atoms in total. The molecule has 0 spiro atoms. The molecule has 0 bridgehead atoms. The smallest absolute Gasteiger partial charge is 0.410 e. The SMILES string of the molecule is C[C@@H](O)[C@H]1C(=O)N2C(C(=O)OCc3ccc([N+](=O)[O-])cc3)=C(S[C@H]3C[C@@H](C4NC(=O)NC4=O)N(C(=O)OCc4ccc([N+](=O)[O-])cc4)C3)[C@H](C)[C@H]12. The van der Waals surface area contributed by atoms with Crippen molar-refractivity contribution in [2.45, 2.75) is 63.0 Å². The Hall–Kier alpha value is -5.56. The summed E-state index contributed by atoms with van der Waals surface area (Å²) in [4.78, 5) is 89.1. The molecule has 51 heavy (non-hydrogen) atoms. The van der Waals surface area contributed by atoms with Crippen LogP contribution < -0.4 is 10.6 Å². The van der Waals surface area contributed by atoms with E-state index in [-0.39, 0.29) is 43.3 Å². The van der Waals surface area contributed by atoms with Crippen LogP contribution in [0.3, 0.4) is 0 Å². The minimum atomic E-state index is -1.10. The Bertz CT molecular complexity index is 1830. The summed E-state index contributed by atoms with van der Waals surface area (Å²) in [5.74, 6) is -3.10. The van der Waals surface area contributed by atoms with Crippen LogP contribution >= 0.6 is 11.8 Å². The van der Waals surface area contributed by atoms with Gasteiger partial charge in [-0.3, -0.25) is 35.1 Å². The topological polar surface area (TPSA) is 241 Å². The molecule has 6 rings (SSSR count). The number of aliphatic hydroxyl groups is 1. The summed E-state index contributed by atoms with van der Waals surface area (Å²) in [5.41, 5.74) is 0.670. The van der Waals surface area contributed by atoms with Gasteiger partial charge in [0.2, 0.25) is 5.91 Å². The van der Waals surface area contributed by atoms with Crippen LogP contribution in [0.25, 0.3) is 0 Å². The Balaban J connectivity index is 1.23. The second-order valence-electron chi connectivity index (χ2n) is 12.6. The highest BCUT2D eigenvalue weighted by atomic mass is 32.2. The zero-order chi connectivity index (χ0) is 36.7. The number of carbonyl (C=O) groups is 5. The molecule has 4 aliphatic heterocycles. The van der Waals surface area contributed by atoms with E-state index in [4.69, 9.17) is 9.47 Å². The van der Waals surface area contributed by atoms with Crippen LogP contribution in [-0.4, -0.2) is 90.7 Å². The number of fused-ring (bicyclic) bond motifs is 1. The van der Waals surface area contributed by atoms with Gasteiger partial charge in [-0.15, -0.1) is 11.8 Å². The van der Waals surface area contributed by atoms with E-state index in [1.807, 2.05) is 6.92 Å². The summed E-state index contributed by atoms with van der Waals surface area (Å²) in [6.07, 6.45) is -1.63. The summed E-state index contributed by atoms with van der Waals surface area (Å²) >= 11 is 1.22. The zero-order valence-corrected chi connectivity index (χ0v) is 27.9. The van der Waals surface area contributed by atoms with E-state index < -0.39 is 81.1 Å². The number of rotatable bonds is 11. The number of thioether (sulfide) groups is 1. The van der Waals surface area contributed by atoms with Gasteiger partial charge in [0.1, 0.15) is 25.0 Å². The first kappa shape index (κ1) is 35.3. The highest BCUT2D eigenvalue weighted by molar-refractivity contribution is 8.03. The third kappa shape index (κ3) is 6.81. The quantitative estimate of drug-likeness (QED) is 0.0992. The highest BCUT2D eigenvalue weighted by Crippen LogP contribution is 2.52. The minimum absolute atomic E-state index is 0.0102. The summed E-state index contributed by atoms with van der Waals surface area (Å²) < 4.78 is 11.1. The van der Waals surface area contributed by atoms with Crippen molar-refractivity contribution in [2.75, 3.05) is 6.54 Å². The minimum Gasteiger partial charge on any atom is -0.456 e. The van der Waals surface area contributed by atoms with Crippen LogP contribution in [0.1, 0.15) is 31.4 Å². The van der Waals surface area contributed by atoms with Gasteiger partial charge in [-0.1, -0.05) is 6.92 Å². The maximum Gasteiger partial charge on any atom is 0.410 e. The van der Waals surface area contributed by atoms with Crippen molar-refractivity contribution >= 4 is 53.0 Å². The van der Waals surface area contributed by atoms with E-state index in [9.17, 15) is 49.3 Å². The number of hydrogen-bond acceptors (Lipinski definition) is 13. The average Bonchev–Trinajstić information content (AvgIpc) is 3.74. The van der Waals surface area contributed by atoms with Crippen LogP contribution in [0.2, 0.25) is 0 Å². The van der Waals surface area contributed by atoms with Crippen LogP contribution in [0, 0.1) is 32.1 Å². The predicted octanol–water partition coefficient (Wildman–Crippen LogP) is 2.34. The lowest BCUT2D eigenvalue weighted by Gasteiger charge is -2.46. The average molecular weight is 725 g/mol. The number of likely N-dealkylation sites (tertiary alicyclic amines) is 1. The maximum atomic E-state index is 13.7. The summed E-state index contributed by atoms with van der Waals surface area (Å²) in [6, 6.07) is 7.65. The number of carbonyl (C=O) groups excluding carboxylic acids is 5. The lowest BCUT2D eigenvalue weighted by molar-refractivity contribution is -0.385. The fourth-order valence-corrected chi connectivity index (χ4v) is 8.40. The predicted molar refractivity (Wildman–Crippen MR) is 175 cm³/mol. The molecule has 2 aromatic carbocycles. The van der Waals surface area contributed by atoms with Crippen molar-refractivity contribution in [3.63, 3.8) is 0 Å². The Morgan fingerprint density at radius 1 is 0.980 bits per heavy atom. The van der Waals surface area contributed by atoms with Crippen LogP contribution in [0.5, 0.6) is 0 Å². The number of amides is 5. The van der Waals surface area contributed by atoms with Gasteiger partial charge in [0.15, 0.2) is 0 Å². The molecule has 0 saturated carbocycles. The van der Waals surface area contributed by atoms with Gasteiger partial charge in [-0.2, -0.15) is 0 Å². The van der Waals surface area contributed by atoms with Gasteiger partial charge in [0.05, 0.1) is 34.0 Å². The van der Waals surface area contributed by atoms with E-state index in [0.29, 0.717) is 16.0 Å². The Morgan fingerprint density at radius 3 is 2.06 bits per heavy atom. The molecule has 19 heteroatoms. The standard InChI is InChI=1S/C32H32N6O12S/c1-15-25-23(16(2)39)29(41)36(25)26(30(42)49-13-17-3-7-19(8-4-17)37(45)46)27(15)51-21-11-22(24-28(40)34-31(43)33-24)35(12-21)32(44)50-14-18-5-9-20(10-6-18)38(47)48/h3-10,15-16,21-25,39H,11-14H2,1-2H3,(H2,33,34,40,43)/t15-,16-,21+,22+,23-,24?,25-/m1/s1. The molecule has 268 valence electrons. The first-order chi connectivity index (χ1) is 24.2. The fraction of sp³-hybridized carbons (Fsp3) is 0.406. The number of β-lactam (4-membered cyclic amide) rings is 1. The van der Waals surface area contributed by atoms with Crippen LogP contribution in [0.4, 0.5) is 21.0 Å². The number of non-ortho nitro benzene ring substituents is 2. The third-order valence-electron chi connectivity index (χ3n) is 9.35. The number of urea groups is 1. The highest BCUT2D eigenvalue weighted by Gasteiger charge is 2.61. The Morgan fingerprint density at radius 2 is 1.55 bits per heavy atom. The van der Waals surface area contributed by atoms with Gasteiger partial charge < -0.3 is 29.7 Å². The van der Waals surface area contributed by atoms with E-state index in [2.05, 4.69) is 10.6 Å². The first-order valence-electron chi connectivity index (χ1n) is 15.9. The van der Waals surface area contributed by atoms with E-state index in [1.54, 1.807) is 0 Å². The monoisotopic (exact) mass is 724 g/mol. The van der Waals surface area contributed by atoms with Gasteiger partial charge in [-0.05, 0) is 48.7 Å². The molecule has 7 atom stereocenters. The second-order valence-corrected chi connectivity index (χ2v) is 13.9. The van der Waals surface area contributed by atoms with E-state index in [0.717, 1.165) is 0 Å². The number of nitro benzene ring substituents is 2. The number of hydrogen-bond donors (Lipinski definition) is 3. The van der Waals surface area contributed by atoms with Crippen molar-refractivity contribution in [3.8, 4) is 0 Å². The Labute approximate surface area is 293 Å². The van der Waals surface area contributed by atoms with Crippen molar-refractivity contribution in [2.24, 2.45) is 11.8 Å². The number of nitro groups is 2. The molecule has 4 heterocycles. The van der Waals surface area contributed by atoms with E-state index >= 15 is 0 Å². The van der Waals surface area contributed by atoms with Crippen molar-refractivity contribution < 1.29 is 48.4 Å². The normalized spacial score (nSPS) is 25.9. The molecule has 5 amide bonds. The van der Waals surface area contributed by atoms with E-state index in [1.165, 1.54) is 77.0 Å². The second kappa shape index (κ2) is 14.0. The van der Waals surface area contributed by atoms with Crippen LogP contribution in [0.15, 0.2) is 59.1 Å². The number of esters is 1. The summed E-state index contributed by atoms with van der Waals surface area (Å²) in [7, 11) is 0. The Kier molecular flexibility index (Phi) is 9.67. The molecular formula is C32H32N6O12S. The van der Waals surface area contributed by atoms with Gasteiger partial charge in [-0.25, -0.2) is 14.4 Å². The fourth-order valence-electron chi connectivity index (χ4n) is 6.86. The molecule has 0 radical (unpaired) electrons. The lowest BCUT2D eigenvalue weighted by atomic mass is 9.79. The van der Waals surface area contributed by atoms with Gasteiger partial charge in [0, 0.05) is 46.9 Å². The largest absolute Gasteiger partial charge is 0.456 e. The number of ether oxygens (including phenoxy) is 2. The molecule has 1 unspecified atom stereocenters. The maximum absolute atomic E-state index is 13.7. The number of imide groups is 1. The molecule has 0 aliphatic carbocycles. The van der Waals surface area contributed by atoms with Crippen molar-refractivity contribution in [3.05, 3.63) is 90.5 Å². The molecule has 3 N–H and O–H groups in total. The van der Waals surface area contributed by atoms with Crippen molar-refractivity contribution in [1.82, 2.24) is 20.4 Å². The number of aliphatic hydroxyl groups excluding tert-OH is 1. The first-order valence-corrected chi connectivity index (χ1v) is 16.7. The molecule has 3 saturated heterocycles.